The lowest BCUT2D eigenvalue weighted by Crippen LogP contribution is -2.36. The van der Waals surface area contributed by atoms with Crippen LogP contribution in [0.1, 0.15) is 36.0 Å². The van der Waals surface area contributed by atoms with Crippen molar-refractivity contribution >= 4 is 5.82 Å². The fourth-order valence-corrected chi connectivity index (χ4v) is 2.99. The van der Waals surface area contributed by atoms with Crippen molar-refractivity contribution in [2.75, 3.05) is 19.5 Å². The van der Waals surface area contributed by atoms with Crippen molar-refractivity contribution in [3.63, 3.8) is 0 Å². The van der Waals surface area contributed by atoms with E-state index in [-0.39, 0.29) is 6.04 Å². The maximum Gasteiger partial charge on any atom is 0.147 e. The molecule has 5 N–H and O–H groups in total. The summed E-state index contributed by atoms with van der Waals surface area (Å²) in [6.07, 6.45) is 3.64. The summed E-state index contributed by atoms with van der Waals surface area (Å²) in [7, 11) is 1.70. The molecule has 130 valence electrons. The minimum Gasteiger partial charge on any atom is -0.383 e. The van der Waals surface area contributed by atoms with Crippen LogP contribution < -0.4 is 16.8 Å². The third-order valence-electron chi connectivity index (χ3n) is 4.44. The number of aromatic nitrogens is 4. The molecule has 8 heteroatoms. The van der Waals surface area contributed by atoms with Crippen LogP contribution in [0.15, 0.2) is 18.3 Å². The third-order valence-corrected chi connectivity index (χ3v) is 4.44. The molecule has 2 aromatic heterocycles. The van der Waals surface area contributed by atoms with Gasteiger partial charge in [-0.05, 0) is 18.9 Å². The minimum atomic E-state index is 0.290. The van der Waals surface area contributed by atoms with E-state index in [1.807, 2.05) is 12.1 Å². The summed E-state index contributed by atoms with van der Waals surface area (Å²) in [5.74, 6) is 2.89. The molecule has 0 aromatic carbocycles. The molecule has 1 saturated carbocycles. The van der Waals surface area contributed by atoms with Crippen LogP contribution >= 0.6 is 0 Å². The summed E-state index contributed by atoms with van der Waals surface area (Å²) >= 11 is 0. The summed E-state index contributed by atoms with van der Waals surface area (Å²) in [4.78, 5) is 4.09. The van der Waals surface area contributed by atoms with Gasteiger partial charge >= 0.3 is 0 Å². The number of hydrogen-bond donors (Lipinski definition) is 3. The zero-order valence-corrected chi connectivity index (χ0v) is 14.0. The van der Waals surface area contributed by atoms with Gasteiger partial charge in [0.2, 0.25) is 0 Å². The molecule has 1 aliphatic carbocycles. The Balaban J connectivity index is 1.65. The number of pyridine rings is 1. The highest BCUT2D eigenvalue weighted by atomic mass is 16.5. The minimum absolute atomic E-state index is 0.290. The smallest absolute Gasteiger partial charge is 0.147 e. The highest BCUT2D eigenvalue weighted by Gasteiger charge is 2.32. The first-order valence-electron chi connectivity index (χ1n) is 8.25. The molecule has 2 heterocycles. The van der Waals surface area contributed by atoms with Gasteiger partial charge in [-0.3, -0.25) is 0 Å². The summed E-state index contributed by atoms with van der Waals surface area (Å²) < 4.78 is 7.37. The Morgan fingerprint density at radius 2 is 2.17 bits per heavy atom. The third kappa shape index (κ3) is 3.72. The fraction of sp³-hybridized carbons (Fsp3) is 0.562. The van der Waals surface area contributed by atoms with E-state index in [1.165, 1.54) is 0 Å². The molecule has 0 aliphatic heterocycles. The number of methoxy groups -OCH3 is 1. The van der Waals surface area contributed by atoms with Gasteiger partial charge in [-0.25, -0.2) is 4.98 Å². The Kier molecular flexibility index (Phi) is 5.39. The number of anilines is 1. The lowest BCUT2D eigenvalue weighted by Gasteiger charge is -2.31. The second-order valence-corrected chi connectivity index (χ2v) is 6.20. The van der Waals surface area contributed by atoms with E-state index >= 15 is 0 Å². The Hall–Kier alpha value is -2.03. The number of ether oxygens (including phenoxy) is 1. The Morgan fingerprint density at radius 1 is 1.33 bits per heavy atom. The van der Waals surface area contributed by atoms with Gasteiger partial charge in [0.15, 0.2) is 0 Å². The summed E-state index contributed by atoms with van der Waals surface area (Å²) in [5, 5.41) is 12.1. The molecule has 0 atom stereocenters. The standard InChI is InChI=1S/C16H25N7O/c1-24-6-5-23-14(21-22-16(23)12-7-13(17)8-12)10-19-9-11-3-2-4-20-15(11)18/h2-4,12-13,19H,5-10,17H2,1H3,(H2,18,20). The first-order valence-corrected chi connectivity index (χ1v) is 8.25. The maximum atomic E-state index is 5.91. The fourth-order valence-electron chi connectivity index (χ4n) is 2.99. The average Bonchev–Trinajstić information content (AvgIpc) is 2.94. The Bertz CT molecular complexity index is 666. The van der Waals surface area contributed by atoms with E-state index in [0.29, 0.717) is 31.4 Å². The van der Waals surface area contributed by atoms with Crippen LogP contribution in [0.5, 0.6) is 0 Å². The van der Waals surface area contributed by atoms with E-state index in [0.717, 1.165) is 36.6 Å². The molecular formula is C16H25N7O. The van der Waals surface area contributed by atoms with Crippen LogP contribution in [0.3, 0.4) is 0 Å². The van der Waals surface area contributed by atoms with Gasteiger partial charge in [-0.2, -0.15) is 0 Å². The molecule has 8 nitrogen and oxygen atoms in total. The van der Waals surface area contributed by atoms with E-state index < -0.39 is 0 Å². The summed E-state index contributed by atoms with van der Waals surface area (Å²) in [5.41, 5.74) is 12.8. The van der Waals surface area contributed by atoms with E-state index in [4.69, 9.17) is 16.2 Å². The number of nitrogens with one attached hydrogen (secondary N) is 1. The molecule has 0 bridgehead atoms. The largest absolute Gasteiger partial charge is 0.383 e. The van der Waals surface area contributed by atoms with Crippen LogP contribution in [0.4, 0.5) is 5.82 Å². The van der Waals surface area contributed by atoms with Crippen molar-refractivity contribution in [3.8, 4) is 0 Å². The van der Waals surface area contributed by atoms with Crippen molar-refractivity contribution < 1.29 is 4.74 Å². The van der Waals surface area contributed by atoms with Gasteiger partial charge in [-0.1, -0.05) is 6.07 Å². The molecule has 0 radical (unpaired) electrons. The van der Waals surface area contributed by atoms with Crippen LogP contribution in [0, 0.1) is 0 Å². The van der Waals surface area contributed by atoms with Crippen LogP contribution in [0.25, 0.3) is 0 Å². The zero-order valence-electron chi connectivity index (χ0n) is 14.0. The summed E-state index contributed by atoms with van der Waals surface area (Å²) in [6.45, 7) is 2.63. The van der Waals surface area contributed by atoms with E-state index in [2.05, 4.69) is 25.1 Å². The SMILES string of the molecule is COCCn1c(CNCc2cccnc2N)nnc1C1CC(N)C1. The predicted molar refractivity (Wildman–Crippen MR) is 91.0 cm³/mol. The summed E-state index contributed by atoms with van der Waals surface area (Å²) in [6, 6.07) is 4.14. The average molecular weight is 331 g/mol. The molecule has 1 fully saturated rings. The Morgan fingerprint density at radius 3 is 2.88 bits per heavy atom. The molecule has 0 amide bonds. The van der Waals surface area contributed by atoms with Crippen LogP contribution in [-0.2, 0) is 24.4 Å². The van der Waals surface area contributed by atoms with E-state index in [1.54, 1.807) is 13.3 Å². The van der Waals surface area contributed by atoms with Crippen LogP contribution in [-0.4, -0.2) is 39.5 Å². The number of nitrogens with two attached hydrogens (primary N) is 2. The van der Waals surface area contributed by atoms with Crippen molar-refractivity contribution in [1.82, 2.24) is 25.1 Å². The van der Waals surface area contributed by atoms with Crippen molar-refractivity contribution in [2.24, 2.45) is 5.73 Å². The first kappa shape index (κ1) is 16.8. The van der Waals surface area contributed by atoms with Gasteiger partial charge in [0.25, 0.3) is 0 Å². The maximum absolute atomic E-state index is 5.91. The molecule has 1 aliphatic rings. The second kappa shape index (κ2) is 7.69. The monoisotopic (exact) mass is 331 g/mol. The predicted octanol–water partition coefficient (Wildman–Crippen LogP) is 0.396. The molecule has 3 rings (SSSR count). The van der Waals surface area contributed by atoms with Gasteiger partial charge in [-0.15, -0.1) is 10.2 Å². The molecular weight excluding hydrogens is 306 g/mol. The second-order valence-electron chi connectivity index (χ2n) is 6.20. The molecule has 0 spiro atoms. The number of nitrogen functional groups attached to an aromatic ring is 1. The highest BCUT2D eigenvalue weighted by Crippen LogP contribution is 2.34. The van der Waals surface area contributed by atoms with Gasteiger partial charge in [0.1, 0.15) is 17.5 Å². The van der Waals surface area contributed by atoms with Gasteiger partial charge in [0, 0.05) is 43.9 Å². The lowest BCUT2D eigenvalue weighted by atomic mass is 9.80. The molecule has 24 heavy (non-hydrogen) atoms. The highest BCUT2D eigenvalue weighted by molar-refractivity contribution is 5.38. The van der Waals surface area contributed by atoms with Crippen molar-refractivity contribution in [1.29, 1.82) is 0 Å². The molecule has 0 saturated heterocycles. The lowest BCUT2D eigenvalue weighted by molar-refractivity contribution is 0.183. The topological polar surface area (TPSA) is 117 Å². The van der Waals surface area contributed by atoms with Gasteiger partial charge < -0.3 is 26.1 Å². The quantitative estimate of drug-likeness (QED) is 0.641. The van der Waals surface area contributed by atoms with Gasteiger partial charge in [0.05, 0.1) is 13.2 Å². The van der Waals surface area contributed by atoms with Crippen molar-refractivity contribution in [2.45, 2.75) is 44.4 Å². The first-order chi connectivity index (χ1) is 11.7. The van der Waals surface area contributed by atoms with Crippen LogP contribution in [0.2, 0.25) is 0 Å². The zero-order chi connectivity index (χ0) is 16.9. The molecule has 0 unspecified atom stereocenters. The Labute approximate surface area is 141 Å². The number of hydrogen-bond acceptors (Lipinski definition) is 7. The normalized spacial score (nSPS) is 20.1. The van der Waals surface area contributed by atoms with Crippen molar-refractivity contribution in [3.05, 3.63) is 35.5 Å². The molecule has 2 aromatic rings. The van der Waals surface area contributed by atoms with E-state index in [9.17, 15) is 0 Å². The number of rotatable bonds is 8. The number of nitrogens with zero attached hydrogens (tertiary/aromatic N) is 4.